The molecule has 26 heavy (non-hydrogen) atoms. The molecule has 2 aromatic heterocycles. The number of H-pyrrole nitrogens is 1. The number of amides is 1. The summed E-state index contributed by atoms with van der Waals surface area (Å²) in [6.45, 7) is 1.28. The van der Waals surface area contributed by atoms with Gasteiger partial charge in [-0.2, -0.15) is 0 Å². The largest absolute Gasteiger partial charge is 0.484 e. The van der Waals surface area contributed by atoms with Gasteiger partial charge in [-0.1, -0.05) is 17.7 Å². The van der Waals surface area contributed by atoms with E-state index in [1.165, 1.54) is 5.57 Å². The Hall–Kier alpha value is -2.79. The number of fused-ring (bicyclic) bond motifs is 1. The van der Waals surface area contributed by atoms with E-state index >= 15 is 0 Å². The lowest BCUT2D eigenvalue weighted by Crippen LogP contribution is -2.37. The van der Waals surface area contributed by atoms with Gasteiger partial charge >= 0.3 is 0 Å². The van der Waals surface area contributed by atoms with Gasteiger partial charge in [0.2, 0.25) is 0 Å². The Balaban J connectivity index is 1.39. The van der Waals surface area contributed by atoms with E-state index in [1.54, 1.807) is 30.5 Å². The van der Waals surface area contributed by atoms with Crippen LogP contribution in [0.2, 0.25) is 5.02 Å². The average Bonchev–Trinajstić information content (AvgIpc) is 3.11. The van der Waals surface area contributed by atoms with Crippen LogP contribution in [0.1, 0.15) is 12.0 Å². The molecule has 0 aliphatic carbocycles. The number of nitrogens with zero attached hydrogens (tertiary/aromatic N) is 2. The summed E-state index contributed by atoms with van der Waals surface area (Å²) in [7, 11) is 0. The number of hydrogen-bond acceptors (Lipinski definition) is 3. The average molecular weight is 368 g/mol. The van der Waals surface area contributed by atoms with E-state index in [-0.39, 0.29) is 12.5 Å². The van der Waals surface area contributed by atoms with Crippen LogP contribution in [0, 0.1) is 0 Å². The maximum Gasteiger partial charge on any atom is 0.260 e. The zero-order valence-corrected chi connectivity index (χ0v) is 14.9. The van der Waals surface area contributed by atoms with Crippen LogP contribution in [-0.4, -0.2) is 40.5 Å². The van der Waals surface area contributed by atoms with Gasteiger partial charge in [0, 0.05) is 36.1 Å². The molecule has 6 heteroatoms. The van der Waals surface area contributed by atoms with Crippen molar-refractivity contribution in [2.45, 2.75) is 6.42 Å². The van der Waals surface area contributed by atoms with Crippen LogP contribution < -0.4 is 4.74 Å². The fraction of sp³-hybridized carbons (Fsp3) is 0.200. The van der Waals surface area contributed by atoms with Crippen LogP contribution in [0.25, 0.3) is 16.6 Å². The number of hydrogen-bond donors (Lipinski definition) is 1. The molecular weight excluding hydrogens is 350 g/mol. The maximum absolute atomic E-state index is 12.4. The van der Waals surface area contributed by atoms with Crippen molar-refractivity contribution in [1.82, 2.24) is 14.9 Å². The Morgan fingerprint density at radius 3 is 2.88 bits per heavy atom. The molecule has 0 radical (unpaired) electrons. The molecule has 3 aromatic rings. The number of aromatic nitrogens is 2. The summed E-state index contributed by atoms with van der Waals surface area (Å²) in [5.74, 6) is 0.619. The molecular formula is C20H18ClN3O2. The van der Waals surface area contributed by atoms with Gasteiger partial charge in [-0.25, -0.2) is 0 Å². The lowest BCUT2D eigenvalue weighted by Gasteiger charge is -2.26. The van der Waals surface area contributed by atoms with E-state index in [0.717, 1.165) is 23.0 Å². The summed E-state index contributed by atoms with van der Waals surface area (Å²) in [6, 6.07) is 10.9. The molecule has 1 aromatic carbocycles. The van der Waals surface area contributed by atoms with Gasteiger partial charge < -0.3 is 14.6 Å². The summed E-state index contributed by atoms with van der Waals surface area (Å²) in [6.07, 6.45) is 6.69. The normalized spacial score (nSPS) is 14.3. The molecule has 0 atom stereocenters. The van der Waals surface area contributed by atoms with Crippen molar-refractivity contribution in [3.8, 4) is 5.75 Å². The van der Waals surface area contributed by atoms with Crippen LogP contribution in [0.3, 0.4) is 0 Å². The SMILES string of the molecule is O=C(COc1ccc(Cl)cc1)N1CC=C(c2c[nH]c3cccnc23)CC1. The Morgan fingerprint density at radius 1 is 1.27 bits per heavy atom. The monoisotopic (exact) mass is 367 g/mol. The number of aromatic amines is 1. The smallest absolute Gasteiger partial charge is 0.260 e. The number of carbonyl (C=O) groups excluding carboxylic acids is 1. The minimum Gasteiger partial charge on any atom is -0.484 e. The summed E-state index contributed by atoms with van der Waals surface area (Å²) >= 11 is 5.84. The highest BCUT2D eigenvalue weighted by Crippen LogP contribution is 2.27. The van der Waals surface area contributed by atoms with E-state index in [9.17, 15) is 4.79 Å². The highest BCUT2D eigenvalue weighted by atomic mass is 35.5. The first-order valence-electron chi connectivity index (χ1n) is 8.48. The zero-order valence-electron chi connectivity index (χ0n) is 14.1. The molecule has 0 fully saturated rings. The van der Waals surface area contributed by atoms with Gasteiger partial charge in [-0.15, -0.1) is 0 Å². The van der Waals surface area contributed by atoms with E-state index in [1.807, 2.05) is 23.2 Å². The number of halogens is 1. The third-order valence-electron chi connectivity index (χ3n) is 4.52. The zero-order chi connectivity index (χ0) is 17.9. The molecule has 5 nitrogen and oxygen atoms in total. The van der Waals surface area contributed by atoms with Crippen LogP contribution in [0.15, 0.2) is 54.9 Å². The number of ether oxygens (including phenoxy) is 1. The lowest BCUT2D eigenvalue weighted by molar-refractivity contribution is -0.132. The molecule has 1 aliphatic heterocycles. The molecule has 3 heterocycles. The van der Waals surface area contributed by atoms with Crippen LogP contribution >= 0.6 is 11.6 Å². The Bertz CT molecular complexity index is 963. The molecule has 0 saturated heterocycles. The summed E-state index contributed by atoms with van der Waals surface area (Å²) < 4.78 is 5.55. The third kappa shape index (κ3) is 3.44. The second kappa shape index (κ2) is 7.22. The predicted molar refractivity (Wildman–Crippen MR) is 102 cm³/mol. The fourth-order valence-electron chi connectivity index (χ4n) is 3.11. The van der Waals surface area contributed by atoms with Gasteiger partial charge in [-0.3, -0.25) is 9.78 Å². The molecule has 0 bridgehead atoms. The van der Waals surface area contributed by atoms with E-state index in [2.05, 4.69) is 16.0 Å². The van der Waals surface area contributed by atoms with Crippen molar-refractivity contribution >= 4 is 34.1 Å². The van der Waals surface area contributed by atoms with E-state index in [0.29, 0.717) is 23.9 Å². The molecule has 1 N–H and O–H groups in total. The molecule has 0 saturated carbocycles. The van der Waals surface area contributed by atoms with Gasteiger partial charge in [0.1, 0.15) is 5.75 Å². The number of carbonyl (C=O) groups is 1. The summed E-state index contributed by atoms with van der Waals surface area (Å²) in [5.41, 5.74) is 4.34. The third-order valence-corrected chi connectivity index (χ3v) is 4.77. The highest BCUT2D eigenvalue weighted by molar-refractivity contribution is 6.30. The fourth-order valence-corrected chi connectivity index (χ4v) is 3.23. The van der Waals surface area contributed by atoms with Crippen LogP contribution in [0.4, 0.5) is 0 Å². The number of benzene rings is 1. The number of pyridine rings is 1. The summed E-state index contributed by atoms with van der Waals surface area (Å²) in [5, 5.41) is 0.643. The first kappa shape index (κ1) is 16.7. The van der Waals surface area contributed by atoms with Crippen molar-refractivity contribution in [2.75, 3.05) is 19.7 Å². The Labute approximate surface area is 156 Å². The summed E-state index contributed by atoms with van der Waals surface area (Å²) in [4.78, 5) is 21.9. The van der Waals surface area contributed by atoms with E-state index < -0.39 is 0 Å². The standard InChI is InChI=1S/C20H18ClN3O2/c21-15-3-5-16(6-4-15)26-13-19(25)24-10-7-14(8-11-24)17-12-23-18-2-1-9-22-20(17)18/h1-7,9,12,23H,8,10-11,13H2. The Kier molecular flexibility index (Phi) is 4.63. The van der Waals surface area contributed by atoms with Gasteiger partial charge in [0.05, 0.1) is 11.0 Å². The number of rotatable bonds is 4. The Morgan fingerprint density at radius 2 is 2.12 bits per heavy atom. The maximum atomic E-state index is 12.4. The minimum absolute atomic E-state index is 0.0210. The second-order valence-corrected chi connectivity index (χ2v) is 6.60. The molecule has 0 unspecified atom stereocenters. The topological polar surface area (TPSA) is 58.2 Å². The molecule has 4 rings (SSSR count). The highest BCUT2D eigenvalue weighted by Gasteiger charge is 2.20. The lowest BCUT2D eigenvalue weighted by atomic mass is 10.0. The van der Waals surface area contributed by atoms with Gasteiger partial charge in [-0.05, 0) is 48.4 Å². The molecule has 132 valence electrons. The van der Waals surface area contributed by atoms with Gasteiger partial charge in [0.15, 0.2) is 6.61 Å². The minimum atomic E-state index is -0.0210. The van der Waals surface area contributed by atoms with Crippen molar-refractivity contribution < 1.29 is 9.53 Å². The number of nitrogens with one attached hydrogen (secondary N) is 1. The predicted octanol–water partition coefficient (Wildman–Crippen LogP) is 3.91. The molecule has 0 spiro atoms. The van der Waals surface area contributed by atoms with Crippen LogP contribution in [-0.2, 0) is 4.79 Å². The quantitative estimate of drug-likeness (QED) is 0.760. The molecule has 1 aliphatic rings. The second-order valence-electron chi connectivity index (χ2n) is 6.16. The van der Waals surface area contributed by atoms with Crippen molar-refractivity contribution in [3.05, 3.63) is 65.5 Å². The first-order valence-corrected chi connectivity index (χ1v) is 8.86. The van der Waals surface area contributed by atoms with Gasteiger partial charge in [0.25, 0.3) is 5.91 Å². The molecule has 1 amide bonds. The first-order chi connectivity index (χ1) is 12.7. The van der Waals surface area contributed by atoms with E-state index in [4.69, 9.17) is 16.3 Å². The van der Waals surface area contributed by atoms with Crippen molar-refractivity contribution in [2.24, 2.45) is 0 Å². The van der Waals surface area contributed by atoms with Crippen molar-refractivity contribution in [1.29, 1.82) is 0 Å². The van der Waals surface area contributed by atoms with Crippen molar-refractivity contribution in [3.63, 3.8) is 0 Å². The van der Waals surface area contributed by atoms with Crippen LogP contribution in [0.5, 0.6) is 5.75 Å².